The van der Waals surface area contributed by atoms with Crippen LogP contribution in [-0.4, -0.2) is 0 Å². The first kappa shape index (κ1) is 10.0. The molecule has 0 saturated heterocycles. The predicted molar refractivity (Wildman–Crippen MR) is 59.6 cm³/mol. The lowest BCUT2D eigenvalue weighted by Gasteiger charge is -1.85. The van der Waals surface area contributed by atoms with Crippen molar-refractivity contribution in [2.24, 2.45) is 0 Å². The zero-order valence-corrected chi connectivity index (χ0v) is 8.15. The highest BCUT2D eigenvalue weighted by Crippen LogP contribution is 1.99. The van der Waals surface area contributed by atoms with E-state index in [1.165, 1.54) is 0 Å². The van der Waals surface area contributed by atoms with E-state index in [-0.39, 0.29) is 0 Å². The lowest BCUT2D eigenvalue weighted by Crippen LogP contribution is -1.64. The summed E-state index contributed by atoms with van der Waals surface area (Å²) in [6, 6.07) is 0. The zero-order valence-electron chi connectivity index (χ0n) is 8.15. The summed E-state index contributed by atoms with van der Waals surface area (Å²) in [5.74, 6) is 0. The second kappa shape index (κ2) is 7.60. The maximum atomic E-state index is 2.26. The Morgan fingerprint density at radius 1 is 0.462 bits per heavy atom. The topological polar surface area (TPSA) is 0 Å². The minimum Gasteiger partial charge on any atom is -0.0879 e. The Morgan fingerprint density at radius 3 is 1.46 bits per heavy atom. The molecule has 0 nitrogen and oxygen atoms in total. The lowest BCUT2D eigenvalue weighted by atomic mass is 10.2. The van der Waals surface area contributed by atoms with E-state index in [0.29, 0.717) is 0 Å². The number of hydrogen-bond donors (Lipinski definition) is 0. The summed E-state index contributed by atoms with van der Waals surface area (Å²) < 4.78 is 0. The first-order chi connectivity index (χ1) is 6.50. The van der Waals surface area contributed by atoms with Crippen LogP contribution in [0.4, 0.5) is 0 Å². The van der Waals surface area contributed by atoms with Crippen molar-refractivity contribution < 1.29 is 0 Å². The standard InChI is InChI=1S/C13H18/c1-2-4-6-8-10-12-13-11-9-7-5-3-1/h1-4,9-12H,5-8,13H2/b3-1?,4-2?,11-9-,12-10-. The van der Waals surface area contributed by atoms with Crippen molar-refractivity contribution in [3.8, 4) is 0 Å². The molecule has 0 aliphatic heterocycles. The minimum atomic E-state index is 1.09. The summed E-state index contributed by atoms with van der Waals surface area (Å²) in [5.41, 5.74) is 0. The summed E-state index contributed by atoms with van der Waals surface area (Å²) in [6.45, 7) is 0. The maximum absolute atomic E-state index is 2.26. The van der Waals surface area contributed by atoms with Gasteiger partial charge in [0.25, 0.3) is 0 Å². The van der Waals surface area contributed by atoms with Crippen molar-refractivity contribution in [1.29, 1.82) is 0 Å². The van der Waals surface area contributed by atoms with Crippen molar-refractivity contribution in [3.63, 3.8) is 0 Å². The Bertz CT molecular complexity index is 192. The molecule has 0 unspecified atom stereocenters. The van der Waals surface area contributed by atoms with E-state index in [9.17, 15) is 0 Å². The van der Waals surface area contributed by atoms with E-state index in [1.54, 1.807) is 0 Å². The Balaban J connectivity index is 2.38. The third-order valence-corrected chi connectivity index (χ3v) is 1.99. The molecule has 0 spiro atoms. The molecule has 0 fully saturated rings. The molecule has 1 aliphatic rings. The van der Waals surface area contributed by atoms with Crippen molar-refractivity contribution in [1.82, 2.24) is 0 Å². The minimum absolute atomic E-state index is 1.09. The molecule has 70 valence electrons. The van der Waals surface area contributed by atoms with Crippen LogP contribution in [0.2, 0.25) is 0 Å². The van der Waals surface area contributed by atoms with Crippen LogP contribution in [0.1, 0.15) is 32.1 Å². The summed E-state index contributed by atoms with van der Waals surface area (Å²) in [4.78, 5) is 0. The number of rotatable bonds is 0. The van der Waals surface area contributed by atoms with Gasteiger partial charge in [-0.1, -0.05) is 48.6 Å². The van der Waals surface area contributed by atoms with E-state index in [1.807, 2.05) is 0 Å². The van der Waals surface area contributed by atoms with E-state index in [0.717, 1.165) is 32.1 Å². The highest BCUT2D eigenvalue weighted by molar-refractivity contribution is 5.04. The van der Waals surface area contributed by atoms with Gasteiger partial charge in [0.1, 0.15) is 0 Å². The van der Waals surface area contributed by atoms with Crippen molar-refractivity contribution in [3.05, 3.63) is 48.6 Å². The van der Waals surface area contributed by atoms with Gasteiger partial charge in [-0.05, 0) is 32.1 Å². The molecule has 0 aromatic rings. The first-order valence-corrected chi connectivity index (χ1v) is 5.12. The molecule has 0 amide bonds. The van der Waals surface area contributed by atoms with Crippen LogP contribution in [0.25, 0.3) is 0 Å². The second-order valence-electron chi connectivity index (χ2n) is 3.19. The number of hydrogen-bond acceptors (Lipinski definition) is 0. The highest BCUT2D eigenvalue weighted by atomic mass is 13.9. The fourth-order valence-corrected chi connectivity index (χ4v) is 1.24. The van der Waals surface area contributed by atoms with Crippen molar-refractivity contribution in [2.75, 3.05) is 0 Å². The van der Waals surface area contributed by atoms with Crippen molar-refractivity contribution in [2.45, 2.75) is 32.1 Å². The van der Waals surface area contributed by atoms with Gasteiger partial charge in [-0.25, -0.2) is 0 Å². The van der Waals surface area contributed by atoms with Gasteiger partial charge in [-0.3, -0.25) is 0 Å². The average Bonchev–Trinajstić information content (AvgIpc) is 2.18. The largest absolute Gasteiger partial charge is 0.0879 e. The Hall–Kier alpha value is -1.04. The fraction of sp³-hybridized carbons (Fsp3) is 0.385. The van der Waals surface area contributed by atoms with Crippen LogP contribution in [0.3, 0.4) is 0 Å². The smallest absolute Gasteiger partial charge is 0.0169 e. The zero-order chi connectivity index (χ0) is 9.19. The Morgan fingerprint density at radius 2 is 0.923 bits per heavy atom. The SMILES string of the molecule is C1=CCC/C=C\C/C=C\CCC=C1. The first-order valence-electron chi connectivity index (χ1n) is 5.12. The third-order valence-electron chi connectivity index (χ3n) is 1.99. The molecule has 13 heavy (non-hydrogen) atoms. The third kappa shape index (κ3) is 6.15. The van der Waals surface area contributed by atoms with Gasteiger partial charge >= 0.3 is 0 Å². The average molecular weight is 174 g/mol. The molecule has 0 aromatic carbocycles. The van der Waals surface area contributed by atoms with Crippen LogP contribution in [-0.2, 0) is 0 Å². The molecule has 0 heteroatoms. The van der Waals surface area contributed by atoms with E-state index in [2.05, 4.69) is 48.6 Å². The Kier molecular flexibility index (Phi) is 5.87. The molecule has 0 atom stereocenters. The molecule has 1 aliphatic carbocycles. The van der Waals surface area contributed by atoms with Gasteiger partial charge in [-0.15, -0.1) is 0 Å². The number of allylic oxidation sites excluding steroid dienone is 8. The summed E-state index contributed by atoms with van der Waals surface area (Å²) in [7, 11) is 0. The normalized spacial score (nSPS) is 24.0. The van der Waals surface area contributed by atoms with E-state index >= 15 is 0 Å². The van der Waals surface area contributed by atoms with Crippen LogP contribution in [0.5, 0.6) is 0 Å². The summed E-state index contributed by atoms with van der Waals surface area (Å²) in [6.07, 6.45) is 23.5. The Labute approximate surface area is 81.4 Å². The van der Waals surface area contributed by atoms with E-state index < -0.39 is 0 Å². The molecule has 0 bridgehead atoms. The van der Waals surface area contributed by atoms with E-state index in [4.69, 9.17) is 0 Å². The van der Waals surface area contributed by atoms with Crippen molar-refractivity contribution >= 4 is 0 Å². The van der Waals surface area contributed by atoms with Crippen LogP contribution >= 0.6 is 0 Å². The lowest BCUT2D eigenvalue weighted by molar-refractivity contribution is 1.04. The molecule has 0 saturated carbocycles. The summed E-state index contributed by atoms with van der Waals surface area (Å²) in [5, 5.41) is 0. The van der Waals surface area contributed by atoms with Gasteiger partial charge < -0.3 is 0 Å². The predicted octanol–water partition coefficient (Wildman–Crippen LogP) is 4.18. The van der Waals surface area contributed by atoms with Gasteiger partial charge in [0.05, 0.1) is 0 Å². The van der Waals surface area contributed by atoms with Crippen LogP contribution < -0.4 is 0 Å². The van der Waals surface area contributed by atoms with Gasteiger partial charge in [0, 0.05) is 0 Å². The monoisotopic (exact) mass is 174 g/mol. The highest BCUT2D eigenvalue weighted by Gasteiger charge is 1.79. The quantitative estimate of drug-likeness (QED) is 0.483. The molecule has 0 N–H and O–H groups in total. The van der Waals surface area contributed by atoms with Crippen LogP contribution in [0.15, 0.2) is 48.6 Å². The van der Waals surface area contributed by atoms with Gasteiger partial charge in [0.2, 0.25) is 0 Å². The summed E-state index contributed by atoms with van der Waals surface area (Å²) >= 11 is 0. The molecule has 0 aromatic heterocycles. The maximum Gasteiger partial charge on any atom is -0.0169 e. The molecule has 0 heterocycles. The second-order valence-corrected chi connectivity index (χ2v) is 3.19. The molecular weight excluding hydrogens is 156 g/mol. The van der Waals surface area contributed by atoms with Crippen LogP contribution in [0, 0.1) is 0 Å². The van der Waals surface area contributed by atoms with Gasteiger partial charge in [-0.2, -0.15) is 0 Å². The molecule has 1 rings (SSSR count). The molecular formula is C13H18. The fourth-order valence-electron chi connectivity index (χ4n) is 1.24. The van der Waals surface area contributed by atoms with Gasteiger partial charge in [0.15, 0.2) is 0 Å². The molecule has 0 radical (unpaired) electrons.